The zero-order valence-electron chi connectivity index (χ0n) is 18.2. The van der Waals surface area contributed by atoms with E-state index in [2.05, 4.69) is 20.4 Å². The standard InChI is InChI=1S/C24H20ClFN6O2/c1-31(22-9-8-21(25)28-29-22)15-12-32(13-15)24(34)18-10-14(6-7-19(18)26)11-20-16-4-2-3-5-17(16)23(33)30-27-20/h2-10,15H,11-13H2,1H3,(H,30,33). The van der Waals surface area contributed by atoms with Crippen molar-refractivity contribution >= 4 is 34.1 Å². The smallest absolute Gasteiger partial charge is 0.272 e. The van der Waals surface area contributed by atoms with Crippen LogP contribution in [0.5, 0.6) is 0 Å². The van der Waals surface area contributed by atoms with Crippen molar-refractivity contribution in [1.29, 1.82) is 0 Å². The summed E-state index contributed by atoms with van der Waals surface area (Å²) < 4.78 is 14.6. The number of carbonyl (C=O) groups excluding carboxylic acids is 1. The number of H-pyrrole nitrogens is 1. The molecule has 0 aliphatic carbocycles. The van der Waals surface area contributed by atoms with Crippen LogP contribution in [-0.4, -0.2) is 57.4 Å². The Balaban J connectivity index is 1.32. The summed E-state index contributed by atoms with van der Waals surface area (Å²) in [5.74, 6) is -0.297. The number of amides is 1. The van der Waals surface area contributed by atoms with E-state index in [9.17, 15) is 14.0 Å². The van der Waals surface area contributed by atoms with Gasteiger partial charge in [0.05, 0.1) is 22.7 Å². The van der Waals surface area contributed by atoms with E-state index in [-0.39, 0.29) is 23.1 Å². The van der Waals surface area contributed by atoms with E-state index < -0.39 is 5.82 Å². The van der Waals surface area contributed by atoms with Crippen molar-refractivity contribution in [2.75, 3.05) is 25.0 Å². The van der Waals surface area contributed by atoms with E-state index in [1.165, 1.54) is 6.07 Å². The topological polar surface area (TPSA) is 95.1 Å². The Morgan fingerprint density at radius 2 is 1.91 bits per heavy atom. The summed E-state index contributed by atoms with van der Waals surface area (Å²) >= 11 is 5.79. The largest absolute Gasteiger partial charge is 0.352 e. The number of hydrogen-bond donors (Lipinski definition) is 1. The molecule has 0 atom stereocenters. The molecular formula is C24H20ClFN6O2. The summed E-state index contributed by atoms with van der Waals surface area (Å²) in [6, 6.07) is 15.1. The second-order valence-corrected chi connectivity index (χ2v) is 8.61. The van der Waals surface area contributed by atoms with Gasteiger partial charge in [0, 0.05) is 31.9 Å². The van der Waals surface area contributed by atoms with Crippen LogP contribution >= 0.6 is 11.6 Å². The van der Waals surface area contributed by atoms with E-state index in [0.717, 1.165) is 10.9 Å². The molecule has 0 saturated carbocycles. The first kappa shape index (κ1) is 22.0. The molecule has 5 rings (SSSR count). The Labute approximate surface area is 199 Å². The van der Waals surface area contributed by atoms with Gasteiger partial charge in [-0.2, -0.15) is 5.10 Å². The minimum atomic E-state index is -0.576. The van der Waals surface area contributed by atoms with Crippen LogP contribution in [0.15, 0.2) is 59.4 Å². The molecule has 34 heavy (non-hydrogen) atoms. The van der Waals surface area contributed by atoms with Gasteiger partial charge in [0.25, 0.3) is 11.5 Å². The maximum absolute atomic E-state index is 14.6. The Morgan fingerprint density at radius 1 is 1.15 bits per heavy atom. The summed E-state index contributed by atoms with van der Waals surface area (Å²) in [7, 11) is 1.87. The van der Waals surface area contributed by atoms with Crippen molar-refractivity contribution < 1.29 is 9.18 Å². The third-order valence-corrected chi connectivity index (χ3v) is 6.29. The number of aromatic nitrogens is 4. The number of nitrogens with zero attached hydrogens (tertiary/aromatic N) is 5. The van der Waals surface area contributed by atoms with E-state index in [4.69, 9.17) is 11.6 Å². The number of aromatic amines is 1. The molecule has 1 aliphatic heterocycles. The van der Waals surface area contributed by atoms with Crippen molar-refractivity contribution in [3.05, 3.63) is 92.7 Å². The molecule has 0 unspecified atom stereocenters. The van der Waals surface area contributed by atoms with Crippen molar-refractivity contribution in [3.8, 4) is 0 Å². The van der Waals surface area contributed by atoms with Gasteiger partial charge >= 0.3 is 0 Å². The number of anilines is 1. The SMILES string of the molecule is CN(c1ccc(Cl)nn1)C1CN(C(=O)c2cc(Cc3n[nH]c(=O)c4ccccc34)ccc2F)C1. The lowest BCUT2D eigenvalue weighted by molar-refractivity contribution is 0.0598. The highest BCUT2D eigenvalue weighted by molar-refractivity contribution is 6.29. The molecule has 1 fully saturated rings. The van der Waals surface area contributed by atoms with Gasteiger partial charge in [0.15, 0.2) is 11.0 Å². The average Bonchev–Trinajstić information content (AvgIpc) is 2.81. The van der Waals surface area contributed by atoms with Crippen LogP contribution < -0.4 is 10.5 Å². The zero-order chi connectivity index (χ0) is 23.8. The van der Waals surface area contributed by atoms with Gasteiger partial charge in [-0.05, 0) is 35.9 Å². The molecule has 1 amide bonds. The first-order valence-electron chi connectivity index (χ1n) is 10.7. The van der Waals surface area contributed by atoms with Gasteiger partial charge in [-0.3, -0.25) is 9.59 Å². The number of nitrogens with one attached hydrogen (secondary N) is 1. The number of benzene rings is 2. The molecule has 0 radical (unpaired) electrons. The molecule has 1 N–H and O–H groups in total. The quantitative estimate of drug-likeness (QED) is 0.473. The fraction of sp³-hybridized carbons (Fsp3) is 0.208. The maximum atomic E-state index is 14.6. The van der Waals surface area contributed by atoms with Gasteiger partial charge in [-0.25, -0.2) is 9.49 Å². The molecule has 4 aromatic rings. The third-order valence-electron chi connectivity index (χ3n) is 6.08. The van der Waals surface area contributed by atoms with Crippen LogP contribution in [0.3, 0.4) is 0 Å². The zero-order valence-corrected chi connectivity index (χ0v) is 19.0. The third kappa shape index (κ3) is 4.10. The summed E-state index contributed by atoms with van der Waals surface area (Å²) in [5, 5.41) is 16.1. The Morgan fingerprint density at radius 3 is 2.65 bits per heavy atom. The minimum absolute atomic E-state index is 0.0126. The highest BCUT2D eigenvalue weighted by atomic mass is 35.5. The first-order chi connectivity index (χ1) is 16.4. The molecule has 3 heterocycles. The summed E-state index contributed by atoms with van der Waals surface area (Å²) in [4.78, 5) is 28.6. The van der Waals surface area contributed by atoms with Crippen LogP contribution in [0.25, 0.3) is 10.8 Å². The Hall–Kier alpha value is -3.85. The van der Waals surface area contributed by atoms with E-state index in [1.54, 1.807) is 41.3 Å². The van der Waals surface area contributed by atoms with Gasteiger partial charge < -0.3 is 9.80 Å². The predicted molar refractivity (Wildman–Crippen MR) is 127 cm³/mol. The number of carbonyl (C=O) groups is 1. The molecule has 10 heteroatoms. The van der Waals surface area contributed by atoms with Gasteiger partial charge in [-0.1, -0.05) is 35.9 Å². The van der Waals surface area contributed by atoms with Crippen LogP contribution in [0.1, 0.15) is 21.6 Å². The fourth-order valence-corrected chi connectivity index (χ4v) is 4.17. The molecular weight excluding hydrogens is 459 g/mol. The summed E-state index contributed by atoms with van der Waals surface area (Å²) in [5.41, 5.74) is 1.12. The number of likely N-dealkylation sites (N-methyl/N-ethyl adjacent to an activating group) is 1. The number of halogens is 2. The average molecular weight is 479 g/mol. The lowest BCUT2D eigenvalue weighted by Gasteiger charge is -2.44. The van der Waals surface area contributed by atoms with Gasteiger partial charge in [0.2, 0.25) is 0 Å². The number of likely N-dealkylation sites (tertiary alicyclic amines) is 1. The molecule has 1 aliphatic rings. The lowest BCUT2D eigenvalue weighted by atomic mass is 10.0. The summed E-state index contributed by atoms with van der Waals surface area (Å²) in [6.45, 7) is 0.880. The molecule has 1 saturated heterocycles. The second-order valence-electron chi connectivity index (χ2n) is 8.23. The van der Waals surface area contributed by atoms with Crippen LogP contribution in [0.2, 0.25) is 5.15 Å². The fourth-order valence-electron chi connectivity index (χ4n) is 4.07. The highest BCUT2D eigenvalue weighted by Crippen LogP contribution is 2.24. The summed E-state index contributed by atoms with van der Waals surface area (Å²) in [6.07, 6.45) is 0.346. The maximum Gasteiger partial charge on any atom is 0.272 e. The van der Waals surface area contributed by atoms with Gasteiger partial charge in [0.1, 0.15) is 5.82 Å². The van der Waals surface area contributed by atoms with E-state index in [1.807, 2.05) is 24.1 Å². The Bertz CT molecular complexity index is 1440. The molecule has 0 spiro atoms. The first-order valence-corrected chi connectivity index (χ1v) is 11.0. The van der Waals surface area contributed by atoms with Gasteiger partial charge in [-0.15, -0.1) is 10.2 Å². The normalized spacial score (nSPS) is 13.7. The lowest BCUT2D eigenvalue weighted by Crippen LogP contribution is -2.60. The highest BCUT2D eigenvalue weighted by Gasteiger charge is 2.35. The van der Waals surface area contributed by atoms with Crippen LogP contribution in [-0.2, 0) is 6.42 Å². The number of rotatable bonds is 5. The molecule has 2 aromatic carbocycles. The van der Waals surface area contributed by atoms with Crippen molar-refractivity contribution in [2.24, 2.45) is 0 Å². The van der Waals surface area contributed by atoms with Crippen LogP contribution in [0, 0.1) is 5.82 Å². The molecule has 0 bridgehead atoms. The van der Waals surface area contributed by atoms with Crippen molar-refractivity contribution in [3.63, 3.8) is 0 Å². The molecule has 2 aromatic heterocycles. The van der Waals surface area contributed by atoms with Crippen LogP contribution in [0.4, 0.5) is 10.2 Å². The van der Waals surface area contributed by atoms with E-state index >= 15 is 0 Å². The van der Waals surface area contributed by atoms with Crippen molar-refractivity contribution in [1.82, 2.24) is 25.3 Å². The van der Waals surface area contributed by atoms with Crippen molar-refractivity contribution in [2.45, 2.75) is 12.5 Å². The van der Waals surface area contributed by atoms with E-state index in [0.29, 0.717) is 41.6 Å². The molecule has 172 valence electrons. The molecule has 8 nitrogen and oxygen atoms in total. The minimum Gasteiger partial charge on any atom is -0.352 e. The second kappa shape index (κ2) is 8.83. The number of hydrogen-bond acceptors (Lipinski definition) is 6. The Kier molecular flexibility index (Phi) is 5.70. The number of fused-ring (bicyclic) bond motifs is 1. The monoisotopic (exact) mass is 478 g/mol. The predicted octanol–water partition coefficient (Wildman–Crippen LogP) is 3.06.